The number of para-hydroxylation sites is 1. The van der Waals surface area contributed by atoms with Gasteiger partial charge in [-0.3, -0.25) is 10.6 Å². The molecule has 0 saturated heterocycles. The van der Waals surface area contributed by atoms with Gasteiger partial charge in [-0.05, 0) is 30.3 Å². The highest BCUT2D eigenvalue weighted by molar-refractivity contribution is 7.92. The van der Waals surface area contributed by atoms with Crippen LogP contribution < -0.4 is 16.0 Å². The molecule has 2 rings (SSSR count). The van der Waals surface area contributed by atoms with E-state index in [1.165, 1.54) is 24.3 Å². The van der Waals surface area contributed by atoms with Gasteiger partial charge in [-0.25, -0.2) is 12.8 Å². The van der Waals surface area contributed by atoms with E-state index in [0.717, 1.165) is 6.07 Å². The average molecular weight is 316 g/mol. The van der Waals surface area contributed by atoms with Crippen molar-refractivity contribution in [3.8, 4) is 0 Å². The van der Waals surface area contributed by atoms with Gasteiger partial charge in [-0.1, -0.05) is 23.7 Å². The molecule has 0 unspecified atom stereocenters. The molecule has 5 nitrogen and oxygen atoms in total. The molecule has 0 atom stereocenters. The van der Waals surface area contributed by atoms with Crippen LogP contribution in [0.4, 0.5) is 15.8 Å². The topological polar surface area (TPSA) is 84.2 Å². The SMILES string of the molecule is NNc1ccccc1S(=O)(=O)Nc1ccc(Cl)c(F)c1. The molecule has 2 aromatic rings. The van der Waals surface area contributed by atoms with Crippen molar-refractivity contribution in [3.63, 3.8) is 0 Å². The van der Waals surface area contributed by atoms with E-state index in [-0.39, 0.29) is 21.3 Å². The quantitative estimate of drug-likeness (QED) is 0.598. The molecule has 0 amide bonds. The molecule has 0 radical (unpaired) electrons. The zero-order valence-corrected chi connectivity index (χ0v) is 11.7. The minimum absolute atomic E-state index is 0.0436. The van der Waals surface area contributed by atoms with Crippen LogP contribution in [-0.2, 0) is 10.0 Å². The maximum absolute atomic E-state index is 13.3. The molecule has 4 N–H and O–H groups in total. The summed E-state index contributed by atoms with van der Waals surface area (Å²) in [4.78, 5) is -0.0436. The van der Waals surface area contributed by atoms with E-state index >= 15 is 0 Å². The molecule has 0 aliphatic heterocycles. The standard InChI is InChI=1S/C12H11ClFN3O2S/c13-9-6-5-8(7-10(9)14)17-20(18,19)12-4-2-1-3-11(12)16-15/h1-7,16-17H,15H2. The first-order chi connectivity index (χ1) is 9.44. The lowest BCUT2D eigenvalue weighted by Gasteiger charge is -2.11. The number of hydrogen-bond donors (Lipinski definition) is 3. The first-order valence-corrected chi connectivity index (χ1v) is 7.33. The lowest BCUT2D eigenvalue weighted by molar-refractivity contribution is 0.601. The molecule has 0 aliphatic rings. The van der Waals surface area contributed by atoms with Crippen LogP contribution in [0, 0.1) is 5.82 Å². The predicted octanol–water partition coefficient (Wildman–Crippen LogP) is 2.57. The van der Waals surface area contributed by atoms with Crippen LogP contribution in [0.15, 0.2) is 47.4 Å². The lowest BCUT2D eigenvalue weighted by atomic mass is 10.3. The number of nitrogens with two attached hydrogens (primary N) is 1. The molecule has 0 aromatic heterocycles. The summed E-state index contributed by atoms with van der Waals surface area (Å²) in [5.41, 5.74) is 2.59. The fourth-order valence-electron chi connectivity index (χ4n) is 1.59. The number of rotatable bonds is 4. The van der Waals surface area contributed by atoms with Crippen molar-refractivity contribution in [2.24, 2.45) is 5.84 Å². The largest absolute Gasteiger partial charge is 0.323 e. The van der Waals surface area contributed by atoms with Crippen LogP contribution in [0.25, 0.3) is 0 Å². The molecular formula is C12H11ClFN3O2S. The van der Waals surface area contributed by atoms with Crippen molar-refractivity contribution < 1.29 is 12.8 Å². The molecule has 0 fully saturated rings. The van der Waals surface area contributed by atoms with Crippen LogP contribution in [-0.4, -0.2) is 8.42 Å². The van der Waals surface area contributed by atoms with Crippen molar-refractivity contribution in [1.82, 2.24) is 0 Å². The van der Waals surface area contributed by atoms with Crippen LogP contribution in [0.2, 0.25) is 5.02 Å². The van der Waals surface area contributed by atoms with E-state index in [9.17, 15) is 12.8 Å². The van der Waals surface area contributed by atoms with Crippen LogP contribution >= 0.6 is 11.6 Å². The van der Waals surface area contributed by atoms with Gasteiger partial charge >= 0.3 is 0 Å². The molecule has 0 spiro atoms. The van der Waals surface area contributed by atoms with E-state index < -0.39 is 15.8 Å². The van der Waals surface area contributed by atoms with E-state index in [0.29, 0.717) is 0 Å². The van der Waals surface area contributed by atoms with Crippen LogP contribution in [0.5, 0.6) is 0 Å². The number of sulfonamides is 1. The third-order valence-corrected chi connectivity index (χ3v) is 4.25. The summed E-state index contributed by atoms with van der Waals surface area (Å²) >= 11 is 5.54. The molecular weight excluding hydrogens is 305 g/mol. The van der Waals surface area contributed by atoms with Gasteiger partial charge in [-0.2, -0.15) is 0 Å². The monoisotopic (exact) mass is 315 g/mol. The summed E-state index contributed by atoms with van der Waals surface area (Å²) in [5.74, 6) is 4.55. The number of nitrogen functional groups attached to an aromatic ring is 1. The van der Waals surface area contributed by atoms with Gasteiger partial charge in [0.25, 0.3) is 10.0 Å². The van der Waals surface area contributed by atoms with E-state index in [1.54, 1.807) is 12.1 Å². The third-order valence-electron chi connectivity index (χ3n) is 2.50. The molecule has 0 heterocycles. The van der Waals surface area contributed by atoms with E-state index in [2.05, 4.69) is 10.1 Å². The summed E-state index contributed by atoms with van der Waals surface area (Å²) < 4.78 is 40.0. The van der Waals surface area contributed by atoms with E-state index in [4.69, 9.17) is 17.4 Å². The van der Waals surface area contributed by atoms with Crippen molar-refractivity contribution in [3.05, 3.63) is 53.3 Å². The molecule has 20 heavy (non-hydrogen) atoms. The Morgan fingerprint density at radius 2 is 1.85 bits per heavy atom. The van der Waals surface area contributed by atoms with Crippen molar-refractivity contribution in [1.29, 1.82) is 0 Å². The fraction of sp³-hybridized carbons (Fsp3) is 0. The number of nitrogens with one attached hydrogen (secondary N) is 2. The zero-order chi connectivity index (χ0) is 14.8. The number of halogens is 2. The Morgan fingerprint density at radius 1 is 1.15 bits per heavy atom. The van der Waals surface area contributed by atoms with Gasteiger partial charge in [0.1, 0.15) is 10.7 Å². The molecule has 0 bridgehead atoms. The van der Waals surface area contributed by atoms with Gasteiger partial charge in [0.2, 0.25) is 0 Å². The van der Waals surface area contributed by atoms with Crippen molar-refractivity contribution in [2.45, 2.75) is 4.90 Å². The van der Waals surface area contributed by atoms with Gasteiger partial charge in [0.15, 0.2) is 0 Å². The predicted molar refractivity (Wildman–Crippen MR) is 76.5 cm³/mol. The van der Waals surface area contributed by atoms with Gasteiger partial charge < -0.3 is 5.43 Å². The van der Waals surface area contributed by atoms with Crippen LogP contribution in [0.1, 0.15) is 0 Å². The van der Waals surface area contributed by atoms with Crippen molar-refractivity contribution in [2.75, 3.05) is 10.1 Å². The van der Waals surface area contributed by atoms with Crippen molar-refractivity contribution >= 4 is 33.0 Å². The second-order valence-corrected chi connectivity index (χ2v) is 5.93. The minimum Gasteiger partial charge on any atom is -0.323 e. The Morgan fingerprint density at radius 3 is 2.50 bits per heavy atom. The van der Waals surface area contributed by atoms with E-state index in [1.807, 2.05) is 0 Å². The number of hydrogen-bond acceptors (Lipinski definition) is 4. The average Bonchev–Trinajstić information content (AvgIpc) is 2.42. The highest BCUT2D eigenvalue weighted by atomic mass is 35.5. The summed E-state index contributed by atoms with van der Waals surface area (Å²) in [6.07, 6.45) is 0. The fourth-order valence-corrected chi connectivity index (χ4v) is 2.93. The normalized spacial score (nSPS) is 11.2. The zero-order valence-electron chi connectivity index (χ0n) is 10.1. The Hall–Kier alpha value is -1.83. The second-order valence-electron chi connectivity index (χ2n) is 3.87. The highest BCUT2D eigenvalue weighted by Crippen LogP contribution is 2.24. The number of hydrazine groups is 1. The summed E-state index contributed by atoms with van der Waals surface area (Å²) in [5, 5.41) is -0.0861. The lowest BCUT2D eigenvalue weighted by Crippen LogP contribution is -2.17. The summed E-state index contributed by atoms with van der Waals surface area (Å²) in [7, 11) is -3.89. The van der Waals surface area contributed by atoms with Gasteiger partial charge in [-0.15, -0.1) is 0 Å². The third kappa shape index (κ3) is 3.01. The van der Waals surface area contributed by atoms with Gasteiger partial charge in [0, 0.05) is 0 Å². The Bertz CT molecular complexity index is 737. The maximum Gasteiger partial charge on any atom is 0.264 e. The minimum atomic E-state index is -3.89. The molecule has 0 aliphatic carbocycles. The van der Waals surface area contributed by atoms with Gasteiger partial charge in [0.05, 0.1) is 16.4 Å². The summed E-state index contributed by atoms with van der Waals surface area (Å²) in [6.45, 7) is 0. The first-order valence-electron chi connectivity index (χ1n) is 5.47. The molecule has 106 valence electrons. The number of anilines is 2. The Balaban J connectivity index is 2.38. The Kier molecular flexibility index (Phi) is 4.12. The second kappa shape index (κ2) is 5.66. The summed E-state index contributed by atoms with van der Waals surface area (Å²) in [6, 6.07) is 9.70. The molecule has 8 heteroatoms. The van der Waals surface area contributed by atoms with Crippen LogP contribution in [0.3, 0.4) is 0 Å². The highest BCUT2D eigenvalue weighted by Gasteiger charge is 2.18. The molecule has 0 saturated carbocycles. The molecule has 2 aromatic carbocycles. The number of benzene rings is 2. The smallest absolute Gasteiger partial charge is 0.264 e. The maximum atomic E-state index is 13.3. The first kappa shape index (κ1) is 14.6. The Labute approximate surface area is 120 Å².